The Hall–Kier alpha value is -1.21. The zero-order valence-corrected chi connectivity index (χ0v) is 8.62. The molecule has 1 aromatic rings. The molecular weight excluding hydrogens is 204 g/mol. The number of hydrogen-bond acceptors (Lipinski definition) is 6. The smallest absolute Gasteiger partial charge is 0.284 e. The van der Waals surface area contributed by atoms with Gasteiger partial charge in [-0.05, 0) is 6.92 Å². The van der Waals surface area contributed by atoms with Gasteiger partial charge in [0.25, 0.3) is 5.91 Å². The summed E-state index contributed by atoms with van der Waals surface area (Å²) in [6.45, 7) is 2.60. The van der Waals surface area contributed by atoms with E-state index in [1.54, 1.807) is 0 Å². The Bertz CT molecular complexity index is 314. The zero-order valence-electron chi connectivity index (χ0n) is 7.80. The Morgan fingerprint density at radius 3 is 2.79 bits per heavy atom. The van der Waals surface area contributed by atoms with Gasteiger partial charge in [-0.3, -0.25) is 4.79 Å². The average Bonchev–Trinajstić information content (AvgIpc) is 2.60. The third-order valence-corrected chi connectivity index (χ3v) is 2.40. The van der Waals surface area contributed by atoms with Crippen LogP contribution in [0.1, 0.15) is 16.7 Å². The quantitative estimate of drug-likeness (QED) is 0.712. The third kappa shape index (κ3) is 2.39. The van der Waals surface area contributed by atoms with Gasteiger partial charge in [0.1, 0.15) is 0 Å². The molecule has 14 heavy (non-hydrogen) atoms. The van der Waals surface area contributed by atoms with Gasteiger partial charge in [-0.15, -0.1) is 10.2 Å². The highest BCUT2D eigenvalue weighted by molar-refractivity contribution is 7.16. The van der Waals surface area contributed by atoms with Crippen LogP contribution in [0.4, 0.5) is 5.13 Å². The van der Waals surface area contributed by atoms with Crippen LogP contribution in [0.15, 0.2) is 0 Å². The van der Waals surface area contributed by atoms with Gasteiger partial charge < -0.3 is 15.7 Å². The summed E-state index contributed by atoms with van der Waals surface area (Å²) in [5, 5.41) is 16.4. The van der Waals surface area contributed by atoms with E-state index in [1.165, 1.54) is 4.90 Å². The fourth-order valence-corrected chi connectivity index (χ4v) is 1.56. The molecule has 0 atom stereocenters. The molecule has 0 spiro atoms. The number of carbonyl (C=O) groups is 1. The molecule has 0 aliphatic rings. The van der Waals surface area contributed by atoms with E-state index in [9.17, 15) is 4.79 Å². The highest BCUT2D eigenvalue weighted by atomic mass is 32.1. The number of rotatable bonds is 4. The number of nitrogen functional groups attached to an aromatic ring is 1. The van der Waals surface area contributed by atoms with Crippen LogP contribution in [-0.4, -0.2) is 45.8 Å². The maximum Gasteiger partial charge on any atom is 0.284 e. The summed E-state index contributed by atoms with van der Waals surface area (Å²) < 4.78 is 0. The van der Waals surface area contributed by atoms with E-state index in [2.05, 4.69) is 10.2 Å². The molecule has 3 N–H and O–H groups in total. The summed E-state index contributed by atoms with van der Waals surface area (Å²) in [5.74, 6) is -0.240. The molecule has 0 radical (unpaired) electrons. The van der Waals surface area contributed by atoms with E-state index in [4.69, 9.17) is 10.8 Å². The number of aliphatic hydroxyl groups is 1. The van der Waals surface area contributed by atoms with Crippen molar-refractivity contribution in [2.24, 2.45) is 0 Å². The number of hydrogen-bond donors (Lipinski definition) is 2. The van der Waals surface area contributed by atoms with Crippen molar-refractivity contribution in [3.8, 4) is 0 Å². The molecule has 0 unspecified atom stereocenters. The van der Waals surface area contributed by atoms with Crippen LogP contribution in [0.2, 0.25) is 0 Å². The molecule has 1 amide bonds. The van der Waals surface area contributed by atoms with E-state index >= 15 is 0 Å². The van der Waals surface area contributed by atoms with Gasteiger partial charge in [0.05, 0.1) is 6.61 Å². The molecular formula is C7H12N4O2S. The van der Waals surface area contributed by atoms with Crippen LogP contribution < -0.4 is 5.73 Å². The fourth-order valence-electron chi connectivity index (χ4n) is 0.980. The van der Waals surface area contributed by atoms with Crippen LogP contribution in [0.5, 0.6) is 0 Å². The third-order valence-electron chi connectivity index (χ3n) is 1.66. The van der Waals surface area contributed by atoms with Crippen molar-refractivity contribution in [1.29, 1.82) is 0 Å². The summed E-state index contributed by atoms with van der Waals surface area (Å²) in [5.41, 5.74) is 5.36. The second kappa shape index (κ2) is 4.87. The first-order valence-electron chi connectivity index (χ1n) is 4.18. The molecule has 0 saturated carbocycles. The summed E-state index contributed by atoms with van der Waals surface area (Å²) in [7, 11) is 0. The number of amides is 1. The first kappa shape index (κ1) is 10.9. The van der Waals surface area contributed by atoms with Gasteiger partial charge in [0.2, 0.25) is 10.1 Å². The summed E-state index contributed by atoms with van der Waals surface area (Å²) in [6, 6.07) is 0. The normalized spacial score (nSPS) is 10.1. The van der Waals surface area contributed by atoms with Crippen molar-refractivity contribution in [2.45, 2.75) is 6.92 Å². The SMILES string of the molecule is CCN(CCO)C(=O)c1nnc(N)s1. The van der Waals surface area contributed by atoms with Gasteiger partial charge in [-0.25, -0.2) is 0 Å². The van der Waals surface area contributed by atoms with Gasteiger partial charge in [0, 0.05) is 13.1 Å². The highest BCUT2D eigenvalue weighted by Crippen LogP contribution is 2.13. The number of anilines is 1. The number of likely N-dealkylation sites (N-methyl/N-ethyl adjacent to an activating group) is 1. The molecule has 0 aliphatic heterocycles. The number of aliphatic hydroxyl groups excluding tert-OH is 1. The van der Waals surface area contributed by atoms with Crippen molar-refractivity contribution in [2.75, 3.05) is 25.4 Å². The zero-order chi connectivity index (χ0) is 10.6. The minimum absolute atomic E-state index is 0.0616. The lowest BCUT2D eigenvalue weighted by atomic mass is 10.4. The van der Waals surface area contributed by atoms with Gasteiger partial charge in [-0.1, -0.05) is 11.3 Å². The van der Waals surface area contributed by atoms with Crippen molar-refractivity contribution in [3.63, 3.8) is 0 Å². The number of nitrogens with zero attached hydrogens (tertiary/aromatic N) is 3. The van der Waals surface area contributed by atoms with Crippen LogP contribution in [0.25, 0.3) is 0 Å². The largest absolute Gasteiger partial charge is 0.395 e. The second-order valence-electron chi connectivity index (χ2n) is 2.55. The van der Waals surface area contributed by atoms with Crippen LogP contribution in [0, 0.1) is 0 Å². The van der Waals surface area contributed by atoms with Crippen LogP contribution >= 0.6 is 11.3 Å². The molecule has 0 bridgehead atoms. The lowest BCUT2D eigenvalue weighted by Crippen LogP contribution is -2.33. The van der Waals surface area contributed by atoms with Crippen molar-refractivity contribution in [3.05, 3.63) is 5.01 Å². The topological polar surface area (TPSA) is 92.3 Å². The fraction of sp³-hybridized carbons (Fsp3) is 0.571. The van der Waals surface area contributed by atoms with E-state index < -0.39 is 0 Å². The molecule has 0 saturated heterocycles. The molecule has 6 nitrogen and oxygen atoms in total. The molecule has 0 fully saturated rings. The molecule has 1 rings (SSSR count). The molecule has 78 valence electrons. The van der Waals surface area contributed by atoms with Gasteiger partial charge in [-0.2, -0.15) is 0 Å². The van der Waals surface area contributed by atoms with E-state index in [-0.39, 0.29) is 22.7 Å². The van der Waals surface area contributed by atoms with E-state index in [0.717, 1.165) is 11.3 Å². The number of carbonyl (C=O) groups excluding carboxylic acids is 1. The number of aromatic nitrogens is 2. The highest BCUT2D eigenvalue weighted by Gasteiger charge is 2.17. The van der Waals surface area contributed by atoms with E-state index in [1.807, 2.05) is 6.92 Å². The molecule has 7 heteroatoms. The molecule has 1 aromatic heterocycles. The maximum atomic E-state index is 11.6. The van der Waals surface area contributed by atoms with Gasteiger partial charge >= 0.3 is 0 Å². The predicted octanol–water partition coefficient (Wildman–Crippen LogP) is -0.425. The Morgan fingerprint density at radius 1 is 1.64 bits per heavy atom. The summed E-state index contributed by atoms with van der Waals surface area (Å²) in [6.07, 6.45) is 0. The summed E-state index contributed by atoms with van der Waals surface area (Å²) in [4.78, 5) is 13.1. The number of nitrogens with two attached hydrogens (primary N) is 1. The van der Waals surface area contributed by atoms with Crippen molar-refractivity contribution in [1.82, 2.24) is 15.1 Å². The maximum absolute atomic E-state index is 11.6. The Kier molecular flexibility index (Phi) is 3.78. The lowest BCUT2D eigenvalue weighted by molar-refractivity contribution is 0.0731. The Balaban J connectivity index is 2.72. The van der Waals surface area contributed by atoms with Gasteiger partial charge in [0.15, 0.2) is 0 Å². The van der Waals surface area contributed by atoms with Crippen molar-refractivity contribution < 1.29 is 9.90 Å². The molecule has 1 heterocycles. The predicted molar refractivity (Wildman–Crippen MR) is 53.0 cm³/mol. The standard InChI is InChI=1S/C7H12N4O2S/c1-2-11(3-4-12)6(13)5-9-10-7(8)14-5/h12H,2-4H2,1H3,(H2,8,10). The average molecular weight is 216 g/mol. The molecule has 0 aliphatic carbocycles. The monoisotopic (exact) mass is 216 g/mol. The first-order valence-corrected chi connectivity index (χ1v) is 4.99. The Labute approximate surface area is 85.4 Å². The van der Waals surface area contributed by atoms with Crippen LogP contribution in [-0.2, 0) is 0 Å². The van der Waals surface area contributed by atoms with E-state index in [0.29, 0.717) is 13.1 Å². The molecule has 0 aromatic carbocycles. The summed E-state index contributed by atoms with van der Waals surface area (Å²) >= 11 is 1.05. The Morgan fingerprint density at radius 2 is 2.36 bits per heavy atom. The minimum Gasteiger partial charge on any atom is -0.395 e. The first-order chi connectivity index (χ1) is 6.69. The van der Waals surface area contributed by atoms with Crippen molar-refractivity contribution >= 4 is 22.4 Å². The minimum atomic E-state index is -0.240. The second-order valence-corrected chi connectivity index (χ2v) is 3.56. The van der Waals surface area contributed by atoms with Crippen LogP contribution in [0.3, 0.4) is 0 Å². The lowest BCUT2D eigenvalue weighted by Gasteiger charge is -2.17.